The Morgan fingerprint density at radius 2 is 1.86 bits per heavy atom. The summed E-state index contributed by atoms with van der Waals surface area (Å²) >= 11 is 12.0. The molecule has 1 aromatic carbocycles. The van der Waals surface area contributed by atoms with Crippen LogP contribution in [0.5, 0.6) is 0 Å². The van der Waals surface area contributed by atoms with E-state index in [1.807, 2.05) is 18.2 Å². The van der Waals surface area contributed by atoms with Crippen molar-refractivity contribution in [1.29, 1.82) is 0 Å². The molecule has 152 valence electrons. The van der Waals surface area contributed by atoms with Gasteiger partial charge in [0.25, 0.3) is 5.91 Å². The molecule has 1 spiro atoms. The normalized spacial score (nSPS) is 26.8. The molecule has 2 heterocycles. The number of alkyl halides is 2. The number of hydrogen-bond acceptors (Lipinski definition) is 4. The third-order valence-corrected chi connectivity index (χ3v) is 6.60. The van der Waals surface area contributed by atoms with Crippen molar-refractivity contribution in [3.8, 4) is 0 Å². The van der Waals surface area contributed by atoms with Crippen LogP contribution in [0.1, 0.15) is 40.7 Å². The zero-order chi connectivity index (χ0) is 19.6. The van der Waals surface area contributed by atoms with E-state index in [1.165, 1.54) is 0 Å². The lowest BCUT2D eigenvalue weighted by atomic mass is 9.84. The lowest BCUT2D eigenvalue weighted by Gasteiger charge is -2.45. The van der Waals surface area contributed by atoms with Gasteiger partial charge in [0, 0.05) is 55.3 Å². The first-order valence-electron chi connectivity index (χ1n) is 9.86. The molecular formula is C21H26Cl2N2O3. The van der Waals surface area contributed by atoms with Crippen molar-refractivity contribution < 1.29 is 14.3 Å². The quantitative estimate of drug-likeness (QED) is 0.580. The molecule has 2 aliphatic heterocycles. The molecule has 5 nitrogen and oxygen atoms in total. The van der Waals surface area contributed by atoms with Crippen molar-refractivity contribution >= 4 is 29.1 Å². The summed E-state index contributed by atoms with van der Waals surface area (Å²) in [5.74, 6) is 0.172. The minimum absolute atomic E-state index is 0.0537. The van der Waals surface area contributed by atoms with Gasteiger partial charge in [0.15, 0.2) is 5.79 Å². The highest BCUT2D eigenvalue weighted by Crippen LogP contribution is 2.38. The summed E-state index contributed by atoms with van der Waals surface area (Å²) in [6.07, 6.45) is 6.75. The molecule has 0 radical (unpaired) electrons. The van der Waals surface area contributed by atoms with Gasteiger partial charge < -0.3 is 14.8 Å². The van der Waals surface area contributed by atoms with E-state index in [0.29, 0.717) is 30.5 Å². The van der Waals surface area contributed by atoms with Crippen LogP contribution in [0.15, 0.2) is 30.4 Å². The summed E-state index contributed by atoms with van der Waals surface area (Å²) in [4.78, 5) is 15.4. The highest BCUT2D eigenvalue weighted by Gasteiger charge is 2.47. The minimum atomic E-state index is -0.484. The average molecular weight is 425 g/mol. The van der Waals surface area contributed by atoms with Crippen molar-refractivity contribution in [2.75, 3.05) is 26.3 Å². The third-order valence-electron chi connectivity index (χ3n) is 6.02. The first-order valence-corrected chi connectivity index (χ1v) is 10.9. The second-order valence-electron chi connectivity index (χ2n) is 7.67. The van der Waals surface area contributed by atoms with Gasteiger partial charge in [-0.1, -0.05) is 18.2 Å². The standard InChI is InChI=1S/C21H26Cl2N2O3/c22-13-16-4-3-15(11-17(16)14-23)20(26)24-18-5-6-21(27-9-10-28-21)12-19(18)25-7-1-2-8-25/h1-4,11,18-19H,5-10,12-14H2,(H,24,26). The highest BCUT2D eigenvalue weighted by atomic mass is 35.5. The maximum atomic E-state index is 13.0. The number of carbonyl (C=O) groups excluding carboxylic acids is 1. The third kappa shape index (κ3) is 4.10. The second kappa shape index (κ2) is 8.72. The van der Waals surface area contributed by atoms with E-state index in [4.69, 9.17) is 32.7 Å². The number of nitrogens with zero attached hydrogens (tertiary/aromatic N) is 1. The van der Waals surface area contributed by atoms with E-state index in [0.717, 1.165) is 43.5 Å². The van der Waals surface area contributed by atoms with Gasteiger partial charge in [-0.05, 0) is 29.7 Å². The van der Waals surface area contributed by atoms with Gasteiger partial charge in [-0.2, -0.15) is 0 Å². The van der Waals surface area contributed by atoms with Crippen LogP contribution in [0.2, 0.25) is 0 Å². The number of carbonyl (C=O) groups is 1. The lowest BCUT2D eigenvalue weighted by molar-refractivity contribution is -0.191. The number of benzene rings is 1. The molecule has 2 fully saturated rings. The Morgan fingerprint density at radius 3 is 2.54 bits per heavy atom. The maximum Gasteiger partial charge on any atom is 0.251 e. The van der Waals surface area contributed by atoms with Gasteiger partial charge >= 0.3 is 0 Å². The Hall–Kier alpha value is -1.11. The SMILES string of the molecule is O=C(NC1CCC2(CC1N1CC=CC1)OCCO2)c1ccc(CCl)c(CCl)c1. The molecule has 1 saturated carbocycles. The Morgan fingerprint density at radius 1 is 1.14 bits per heavy atom. The van der Waals surface area contributed by atoms with E-state index in [1.54, 1.807) is 0 Å². The van der Waals surface area contributed by atoms with Crippen LogP contribution in [0.25, 0.3) is 0 Å². The molecule has 1 aliphatic carbocycles. The maximum absolute atomic E-state index is 13.0. The van der Waals surface area contributed by atoms with Gasteiger partial charge in [0.05, 0.1) is 13.2 Å². The zero-order valence-electron chi connectivity index (χ0n) is 15.8. The lowest BCUT2D eigenvalue weighted by Crippen LogP contribution is -2.58. The molecule has 3 aliphatic rings. The number of rotatable bonds is 5. The fourth-order valence-electron chi connectivity index (χ4n) is 4.48. The second-order valence-corrected chi connectivity index (χ2v) is 8.21. The summed E-state index contributed by atoms with van der Waals surface area (Å²) in [6.45, 7) is 3.09. The summed E-state index contributed by atoms with van der Waals surface area (Å²) < 4.78 is 11.9. The van der Waals surface area contributed by atoms with Crippen LogP contribution in [0.3, 0.4) is 0 Å². The summed E-state index contributed by atoms with van der Waals surface area (Å²) in [5.41, 5.74) is 2.49. The number of amides is 1. The molecule has 0 bridgehead atoms. The van der Waals surface area contributed by atoms with Crippen molar-refractivity contribution in [1.82, 2.24) is 10.2 Å². The van der Waals surface area contributed by atoms with Crippen molar-refractivity contribution in [2.24, 2.45) is 0 Å². The van der Waals surface area contributed by atoms with Crippen LogP contribution in [0.4, 0.5) is 0 Å². The van der Waals surface area contributed by atoms with Gasteiger partial charge in [0.2, 0.25) is 0 Å². The largest absolute Gasteiger partial charge is 0.348 e. The van der Waals surface area contributed by atoms with Gasteiger partial charge in [0.1, 0.15) is 0 Å². The van der Waals surface area contributed by atoms with Gasteiger partial charge in [-0.25, -0.2) is 0 Å². The molecule has 2 unspecified atom stereocenters. The summed E-state index contributed by atoms with van der Waals surface area (Å²) in [5, 5.41) is 3.26. The molecule has 1 aromatic rings. The Labute approximate surface area is 176 Å². The van der Waals surface area contributed by atoms with Crippen molar-refractivity contribution in [3.63, 3.8) is 0 Å². The molecule has 7 heteroatoms. The van der Waals surface area contributed by atoms with E-state index in [2.05, 4.69) is 22.4 Å². The van der Waals surface area contributed by atoms with Crippen molar-refractivity contribution in [2.45, 2.75) is 48.9 Å². The van der Waals surface area contributed by atoms with E-state index < -0.39 is 5.79 Å². The molecule has 4 rings (SSSR count). The van der Waals surface area contributed by atoms with E-state index in [9.17, 15) is 4.79 Å². The Balaban J connectivity index is 1.49. The minimum Gasteiger partial charge on any atom is -0.348 e. The number of nitrogens with one attached hydrogen (secondary N) is 1. The van der Waals surface area contributed by atoms with Gasteiger partial charge in [-0.3, -0.25) is 9.69 Å². The van der Waals surface area contributed by atoms with Crippen LogP contribution >= 0.6 is 23.2 Å². The van der Waals surface area contributed by atoms with E-state index in [-0.39, 0.29) is 18.0 Å². The topological polar surface area (TPSA) is 50.8 Å². The predicted molar refractivity (Wildman–Crippen MR) is 110 cm³/mol. The zero-order valence-corrected chi connectivity index (χ0v) is 17.3. The predicted octanol–water partition coefficient (Wildman–Crippen LogP) is 3.43. The smallest absolute Gasteiger partial charge is 0.251 e. The molecule has 0 aromatic heterocycles. The van der Waals surface area contributed by atoms with Crippen LogP contribution in [0, 0.1) is 0 Å². The fourth-order valence-corrected chi connectivity index (χ4v) is 4.99. The Bertz CT molecular complexity index is 741. The molecule has 1 N–H and O–H groups in total. The van der Waals surface area contributed by atoms with Crippen LogP contribution in [-0.4, -0.2) is 55.0 Å². The van der Waals surface area contributed by atoms with Gasteiger partial charge in [-0.15, -0.1) is 23.2 Å². The number of hydrogen-bond donors (Lipinski definition) is 1. The highest BCUT2D eigenvalue weighted by molar-refractivity contribution is 6.18. The van der Waals surface area contributed by atoms with Crippen molar-refractivity contribution in [3.05, 3.63) is 47.0 Å². The van der Waals surface area contributed by atoms with Crippen LogP contribution in [-0.2, 0) is 21.2 Å². The first kappa shape index (κ1) is 20.2. The van der Waals surface area contributed by atoms with Crippen LogP contribution < -0.4 is 5.32 Å². The Kier molecular flexibility index (Phi) is 6.28. The summed E-state index contributed by atoms with van der Waals surface area (Å²) in [7, 11) is 0. The molecule has 1 saturated heterocycles. The molecule has 2 atom stereocenters. The monoisotopic (exact) mass is 424 g/mol. The summed E-state index contributed by atoms with van der Waals surface area (Å²) in [6, 6.07) is 5.79. The molecule has 28 heavy (non-hydrogen) atoms. The average Bonchev–Trinajstić information content (AvgIpc) is 3.41. The molecular weight excluding hydrogens is 399 g/mol. The fraction of sp³-hybridized carbons (Fsp3) is 0.571. The molecule has 1 amide bonds. The first-order chi connectivity index (χ1) is 13.6. The number of halogens is 2. The van der Waals surface area contributed by atoms with E-state index >= 15 is 0 Å². The number of ether oxygens (including phenoxy) is 2.